The maximum absolute atomic E-state index is 13.4. The summed E-state index contributed by atoms with van der Waals surface area (Å²) in [7, 11) is 0. The molecule has 1 amide bonds. The molecule has 2 N–H and O–H groups in total. The number of amides is 1. The summed E-state index contributed by atoms with van der Waals surface area (Å²) in [5.41, 5.74) is 1.98. The lowest BCUT2D eigenvalue weighted by Crippen LogP contribution is -2.22. The first kappa shape index (κ1) is 22.5. The number of fused-ring (bicyclic) bond motifs is 2. The summed E-state index contributed by atoms with van der Waals surface area (Å²) in [5, 5.41) is 5.82. The third kappa shape index (κ3) is 4.42. The van der Waals surface area contributed by atoms with Crippen molar-refractivity contribution in [2.24, 2.45) is 0 Å². The number of nitrogens with one attached hydrogen (secondary N) is 2. The smallest absolute Gasteiger partial charge is 0.370 e. The number of alkyl halides is 3. The number of hydrogen-bond acceptors (Lipinski definition) is 3. The summed E-state index contributed by atoms with van der Waals surface area (Å²) in [6.45, 7) is 0.639. The van der Waals surface area contributed by atoms with E-state index < -0.39 is 29.3 Å². The molecule has 1 unspecified atom stereocenters. The van der Waals surface area contributed by atoms with Crippen LogP contribution >= 0.6 is 0 Å². The Bertz CT molecular complexity index is 1410. The van der Waals surface area contributed by atoms with Crippen molar-refractivity contribution in [3.8, 4) is 0 Å². The number of para-hydroxylation sites is 1. The van der Waals surface area contributed by atoms with Crippen LogP contribution < -0.4 is 10.6 Å². The van der Waals surface area contributed by atoms with Gasteiger partial charge in [0.2, 0.25) is 0 Å². The van der Waals surface area contributed by atoms with E-state index in [1.54, 1.807) is 12.1 Å². The van der Waals surface area contributed by atoms with Crippen LogP contribution in [-0.4, -0.2) is 16.3 Å². The fraction of sp³-hybridized carbons (Fsp3) is 0.111. The van der Waals surface area contributed by atoms with Crippen LogP contribution in [0.25, 0.3) is 0 Å². The molecule has 0 spiro atoms. The summed E-state index contributed by atoms with van der Waals surface area (Å²) in [5.74, 6) is -1.04. The topological polar surface area (TPSA) is 63.1 Å². The highest BCUT2D eigenvalue weighted by atomic mass is 19.4. The van der Waals surface area contributed by atoms with E-state index in [1.165, 1.54) is 24.3 Å². The van der Waals surface area contributed by atoms with Gasteiger partial charge in [-0.15, -0.1) is 0 Å². The van der Waals surface area contributed by atoms with E-state index >= 15 is 0 Å². The zero-order valence-corrected chi connectivity index (χ0v) is 18.3. The number of carbonyl (C=O) groups is 2. The highest BCUT2D eigenvalue weighted by molar-refractivity contribution is 6.06. The number of anilines is 2. The highest BCUT2D eigenvalue weighted by Gasteiger charge is 2.35. The molecule has 1 atom stereocenters. The lowest BCUT2D eigenvalue weighted by molar-refractivity contribution is -0.137. The van der Waals surface area contributed by atoms with Gasteiger partial charge in [-0.1, -0.05) is 30.3 Å². The molecule has 0 saturated carbocycles. The summed E-state index contributed by atoms with van der Waals surface area (Å²) in [6, 6.07) is 21.7. The Morgan fingerprint density at radius 1 is 0.886 bits per heavy atom. The molecule has 0 radical (unpaired) electrons. The van der Waals surface area contributed by atoms with Gasteiger partial charge in [0.15, 0.2) is 5.78 Å². The van der Waals surface area contributed by atoms with E-state index in [4.69, 9.17) is 0 Å². The van der Waals surface area contributed by atoms with Crippen LogP contribution in [0.1, 0.15) is 43.6 Å². The average Bonchev–Trinajstić information content (AvgIpc) is 3.24. The fourth-order valence-corrected chi connectivity index (χ4v) is 4.26. The molecule has 1 aliphatic rings. The van der Waals surface area contributed by atoms with Crippen molar-refractivity contribution in [3.05, 3.63) is 119 Å². The summed E-state index contributed by atoms with van der Waals surface area (Å²) < 4.78 is 41.8. The zero-order valence-electron chi connectivity index (χ0n) is 18.3. The van der Waals surface area contributed by atoms with Gasteiger partial charge in [-0.3, -0.25) is 9.59 Å². The molecule has 176 valence electrons. The Morgan fingerprint density at radius 3 is 2.37 bits per heavy atom. The molecule has 4 aromatic rings. The van der Waals surface area contributed by atoms with E-state index in [-0.39, 0.29) is 11.5 Å². The van der Waals surface area contributed by atoms with Crippen molar-refractivity contribution in [3.63, 3.8) is 0 Å². The van der Waals surface area contributed by atoms with Crippen molar-refractivity contribution in [1.82, 2.24) is 4.57 Å². The number of ketones is 1. The van der Waals surface area contributed by atoms with E-state index in [2.05, 4.69) is 10.6 Å². The number of Topliss-reactive ketones (excluding diaryl/α,β-unsaturated/α-hetero) is 1. The predicted molar refractivity (Wildman–Crippen MR) is 127 cm³/mol. The van der Waals surface area contributed by atoms with Gasteiger partial charge in [-0.05, 0) is 60.2 Å². The lowest BCUT2D eigenvalue weighted by atomic mass is 10.0. The number of rotatable bonds is 4. The van der Waals surface area contributed by atoms with Gasteiger partial charge in [0.25, 0.3) is 5.91 Å². The molecule has 2 heterocycles. The molecular formula is C27H20F3N3O2. The Kier molecular flexibility index (Phi) is 5.64. The van der Waals surface area contributed by atoms with Crippen molar-refractivity contribution in [2.75, 3.05) is 10.6 Å². The SMILES string of the molecule is O=C(Nc1ccc(C(=O)C2Nc3ccccc3Cn3cccc32)cc1)c1ccccc1C(F)(F)F. The second kappa shape index (κ2) is 8.79. The van der Waals surface area contributed by atoms with Gasteiger partial charge in [0, 0.05) is 35.4 Å². The number of aromatic nitrogens is 1. The Morgan fingerprint density at radius 2 is 1.60 bits per heavy atom. The van der Waals surface area contributed by atoms with Gasteiger partial charge in [0.05, 0.1) is 11.1 Å². The van der Waals surface area contributed by atoms with Gasteiger partial charge in [-0.25, -0.2) is 0 Å². The molecule has 5 rings (SSSR count). The molecule has 8 heteroatoms. The van der Waals surface area contributed by atoms with Crippen molar-refractivity contribution in [2.45, 2.75) is 18.8 Å². The minimum Gasteiger partial charge on any atom is -0.370 e. The van der Waals surface area contributed by atoms with Gasteiger partial charge < -0.3 is 15.2 Å². The monoisotopic (exact) mass is 475 g/mol. The minimum atomic E-state index is -4.65. The summed E-state index contributed by atoms with van der Waals surface area (Å²) in [6.07, 6.45) is -2.72. The average molecular weight is 475 g/mol. The molecule has 1 aliphatic heterocycles. The maximum atomic E-state index is 13.4. The van der Waals surface area contributed by atoms with Gasteiger partial charge in [-0.2, -0.15) is 13.2 Å². The first-order valence-corrected chi connectivity index (χ1v) is 10.9. The van der Waals surface area contributed by atoms with Crippen molar-refractivity contribution < 1.29 is 22.8 Å². The molecule has 0 bridgehead atoms. The first-order valence-electron chi connectivity index (χ1n) is 10.9. The molecule has 0 saturated heterocycles. The van der Waals surface area contributed by atoms with E-state index in [0.717, 1.165) is 29.1 Å². The predicted octanol–water partition coefficient (Wildman–Crippen LogP) is 6.16. The molecule has 0 fully saturated rings. The largest absolute Gasteiger partial charge is 0.417 e. The molecular weight excluding hydrogens is 455 g/mol. The van der Waals surface area contributed by atoms with Crippen LogP contribution in [0.3, 0.4) is 0 Å². The Hall–Kier alpha value is -4.33. The number of carbonyl (C=O) groups excluding carboxylic acids is 2. The molecule has 35 heavy (non-hydrogen) atoms. The van der Waals surface area contributed by atoms with Gasteiger partial charge in [0.1, 0.15) is 6.04 Å². The van der Waals surface area contributed by atoms with Crippen molar-refractivity contribution in [1.29, 1.82) is 0 Å². The second-order valence-corrected chi connectivity index (χ2v) is 8.23. The molecule has 1 aromatic heterocycles. The minimum absolute atomic E-state index is 0.165. The van der Waals surface area contributed by atoms with Crippen molar-refractivity contribution >= 4 is 23.1 Å². The van der Waals surface area contributed by atoms with Crippen LogP contribution in [0, 0.1) is 0 Å². The molecule has 0 aliphatic carbocycles. The Balaban J connectivity index is 1.37. The third-order valence-electron chi connectivity index (χ3n) is 5.98. The van der Waals surface area contributed by atoms with Crippen LogP contribution in [-0.2, 0) is 12.7 Å². The summed E-state index contributed by atoms with van der Waals surface area (Å²) >= 11 is 0. The van der Waals surface area contributed by atoms with Crippen LogP contribution in [0.5, 0.6) is 0 Å². The first-order chi connectivity index (χ1) is 16.8. The number of hydrogen-bond donors (Lipinski definition) is 2. The number of halogens is 3. The quantitative estimate of drug-likeness (QED) is 0.348. The van der Waals surface area contributed by atoms with Crippen LogP contribution in [0.15, 0.2) is 91.1 Å². The molecule has 5 nitrogen and oxygen atoms in total. The fourth-order valence-electron chi connectivity index (χ4n) is 4.26. The third-order valence-corrected chi connectivity index (χ3v) is 5.98. The van der Waals surface area contributed by atoms with E-state index in [9.17, 15) is 22.8 Å². The molecule has 3 aromatic carbocycles. The maximum Gasteiger partial charge on any atom is 0.417 e. The number of nitrogens with zero attached hydrogens (tertiary/aromatic N) is 1. The van der Waals surface area contributed by atoms with Crippen LogP contribution in [0.2, 0.25) is 0 Å². The van der Waals surface area contributed by atoms with E-state index in [0.29, 0.717) is 12.1 Å². The zero-order chi connectivity index (χ0) is 24.6. The number of benzene rings is 3. The highest BCUT2D eigenvalue weighted by Crippen LogP contribution is 2.33. The normalized spacial score (nSPS) is 14.8. The summed E-state index contributed by atoms with van der Waals surface area (Å²) in [4.78, 5) is 26.0. The second-order valence-electron chi connectivity index (χ2n) is 8.23. The van der Waals surface area contributed by atoms with E-state index in [1.807, 2.05) is 47.2 Å². The van der Waals surface area contributed by atoms with Gasteiger partial charge >= 0.3 is 6.18 Å². The Labute approximate surface area is 199 Å². The lowest BCUT2D eigenvalue weighted by Gasteiger charge is -2.18. The van der Waals surface area contributed by atoms with Crippen LogP contribution in [0.4, 0.5) is 24.5 Å². The standard InChI is InChI=1S/C27H20F3N3O2/c28-27(29,30)21-8-3-2-7-20(21)26(35)31-19-13-11-17(12-14-19)25(34)24-23-10-5-15-33(23)16-18-6-1-4-9-22(18)32-24/h1-15,24,32H,16H2,(H,31,35).